The summed E-state index contributed by atoms with van der Waals surface area (Å²) in [7, 11) is 0. The first-order valence-corrected chi connectivity index (χ1v) is 6.33. The van der Waals surface area contributed by atoms with Crippen molar-refractivity contribution in [2.24, 2.45) is 5.73 Å². The third-order valence-electron chi connectivity index (χ3n) is 2.45. The smallest absolute Gasteiger partial charge is 0.326 e. The minimum Gasteiger partial charge on any atom is -0.480 e. The Morgan fingerprint density at radius 2 is 2.17 bits per heavy atom. The Labute approximate surface area is 113 Å². The number of amides is 1. The fraction of sp³-hybridized carbons (Fsp3) is 0.333. The SMILES string of the molecule is CCCC(Nc1ccc(Br)cc1C(N)=O)C(=O)O. The molecule has 1 aromatic carbocycles. The van der Waals surface area contributed by atoms with Crippen LogP contribution < -0.4 is 11.1 Å². The van der Waals surface area contributed by atoms with E-state index in [1.807, 2.05) is 6.92 Å². The molecule has 0 saturated carbocycles. The first-order valence-electron chi connectivity index (χ1n) is 5.54. The number of carboxylic acids is 1. The van der Waals surface area contributed by atoms with Gasteiger partial charge in [0, 0.05) is 10.2 Å². The van der Waals surface area contributed by atoms with Crippen LogP contribution in [0.3, 0.4) is 0 Å². The number of anilines is 1. The predicted octanol–water partition coefficient (Wildman–Crippen LogP) is 2.21. The molecule has 0 saturated heterocycles. The lowest BCUT2D eigenvalue weighted by atomic mass is 10.1. The lowest BCUT2D eigenvalue weighted by molar-refractivity contribution is -0.138. The van der Waals surface area contributed by atoms with E-state index in [2.05, 4.69) is 21.2 Å². The van der Waals surface area contributed by atoms with Crippen molar-refractivity contribution in [1.29, 1.82) is 0 Å². The van der Waals surface area contributed by atoms with Gasteiger partial charge in [-0.1, -0.05) is 29.3 Å². The minimum atomic E-state index is -0.949. The number of benzene rings is 1. The summed E-state index contributed by atoms with van der Waals surface area (Å²) in [4.78, 5) is 22.4. The number of carboxylic acid groups (broad SMARTS) is 1. The predicted molar refractivity (Wildman–Crippen MR) is 72.6 cm³/mol. The summed E-state index contributed by atoms with van der Waals surface area (Å²) < 4.78 is 0.712. The Morgan fingerprint density at radius 3 is 2.67 bits per heavy atom. The highest BCUT2D eigenvalue weighted by Crippen LogP contribution is 2.22. The van der Waals surface area contributed by atoms with Gasteiger partial charge in [-0.25, -0.2) is 4.79 Å². The van der Waals surface area contributed by atoms with Crippen LogP contribution in [0.15, 0.2) is 22.7 Å². The van der Waals surface area contributed by atoms with Gasteiger partial charge >= 0.3 is 5.97 Å². The fourth-order valence-electron chi connectivity index (χ4n) is 1.58. The second-order valence-electron chi connectivity index (χ2n) is 3.88. The zero-order valence-corrected chi connectivity index (χ0v) is 11.5. The first kappa shape index (κ1) is 14.5. The Bertz CT molecular complexity index is 463. The molecule has 4 N–H and O–H groups in total. The fourth-order valence-corrected chi connectivity index (χ4v) is 1.94. The molecule has 0 aliphatic carbocycles. The van der Waals surface area contributed by atoms with Gasteiger partial charge in [-0.15, -0.1) is 0 Å². The molecule has 1 rings (SSSR count). The zero-order valence-electron chi connectivity index (χ0n) is 9.94. The van der Waals surface area contributed by atoms with Crippen molar-refractivity contribution in [1.82, 2.24) is 0 Å². The molecule has 0 spiro atoms. The van der Waals surface area contributed by atoms with Crippen LogP contribution in [-0.2, 0) is 4.79 Å². The average Bonchev–Trinajstić information content (AvgIpc) is 2.30. The number of rotatable bonds is 6. The molecule has 6 heteroatoms. The largest absolute Gasteiger partial charge is 0.480 e. The van der Waals surface area contributed by atoms with E-state index in [9.17, 15) is 9.59 Å². The number of aliphatic carboxylic acids is 1. The lowest BCUT2D eigenvalue weighted by Crippen LogP contribution is -2.30. The Hall–Kier alpha value is -1.56. The number of primary amides is 1. The summed E-state index contributed by atoms with van der Waals surface area (Å²) in [5, 5.41) is 11.9. The van der Waals surface area contributed by atoms with E-state index < -0.39 is 17.9 Å². The maximum absolute atomic E-state index is 11.3. The lowest BCUT2D eigenvalue weighted by Gasteiger charge is -2.17. The normalized spacial score (nSPS) is 11.9. The molecule has 1 aromatic rings. The number of hydrogen-bond acceptors (Lipinski definition) is 3. The number of hydrogen-bond donors (Lipinski definition) is 3. The van der Waals surface area contributed by atoms with Gasteiger partial charge in [0.05, 0.1) is 5.56 Å². The number of nitrogens with one attached hydrogen (secondary N) is 1. The monoisotopic (exact) mass is 314 g/mol. The van der Waals surface area contributed by atoms with Gasteiger partial charge in [0.15, 0.2) is 0 Å². The van der Waals surface area contributed by atoms with Crippen LogP contribution >= 0.6 is 15.9 Å². The molecule has 0 bridgehead atoms. The Morgan fingerprint density at radius 1 is 1.50 bits per heavy atom. The van der Waals surface area contributed by atoms with E-state index in [-0.39, 0.29) is 5.56 Å². The molecular weight excluding hydrogens is 300 g/mol. The van der Waals surface area contributed by atoms with Crippen LogP contribution in [0.5, 0.6) is 0 Å². The summed E-state index contributed by atoms with van der Waals surface area (Å²) in [6.45, 7) is 1.90. The van der Waals surface area contributed by atoms with Crippen molar-refractivity contribution in [2.75, 3.05) is 5.32 Å². The van der Waals surface area contributed by atoms with Gasteiger partial charge in [0.1, 0.15) is 6.04 Å². The van der Waals surface area contributed by atoms with Gasteiger partial charge in [0.25, 0.3) is 5.91 Å². The van der Waals surface area contributed by atoms with Gasteiger partial charge in [-0.05, 0) is 24.6 Å². The summed E-state index contributed by atoms with van der Waals surface area (Å²) >= 11 is 3.24. The summed E-state index contributed by atoms with van der Waals surface area (Å²) in [6, 6.07) is 4.19. The van der Waals surface area contributed by atoms with Crippen LogP contribution in [0.1, 0.15) is 30.1 Å². The Balaban J connectivity index is 3.01. The van der Waals surface area contributed by atoms with Crippen molar-refractivity contribution in [3.63, 3.8) is 0 Å². The van der Waals surface area contributed by atoms with Crippen LogP contribution in [0, 0.1) is 0 Å². The third kappa shape index (κ3) is 3.73. The molecule has 0 radical (unpaired) electrons. The van der Waals surface area contributed by atoms with Gasteiger partial charge in [-0.3, -0.25) is 4.79 Å². The molecule has 98 valence electrons. The van der Waals surface area contributed by atoms with Crippen molar-refractivity contribution >= 4 is 33.5 Å². The average molecular weight is 315 g/mol. The molecule has 18 heavy (non-hydrogen) atoms. The topological polar surface area (TPSA) is 92.4 Å². The standard InChI is InChI=1S/C12H15BrN2O3/c1-2-3-10(12(17)18)15-9-5-4-7(13)6-8(9)11(14)16/h4-6,10,15H,2-3H2,1H3,(H2,14,16)(H,17,18). The number of nitrogens with two attached hydrogens (primary N) is 1. The van der Waals surface area contributed by atoms with Crippen molar-refractivity contribution in [3.8, 4) is 0 Å². The Kier molecular flexibility index (Phi) is 5.15. The third-order valence-corrected chi connectivity index (χ3v) is 2.95. The summed E-state index contributed by atoms with van der Waals surface area (Å²) in [6.07, 6.45) is 1.20. The quantitative estimate of drug-likeness (QED) is 0.750. The molecule has 1 atom stereocenters. The molecule has 1 unspecified atom stereocenters. The molecule has 5 nitrogen and oxygen atoms in total. The van der Waals surface area contributed by atoms with E-state index in [4.69, 9.17) is 10.8 Å². The summed E-state index contributed by atoms with van der Waals surface area (Å²) in [5.41, 5.74) is 5.97. The maximum atomic E-state index is 11.3. The van der Waals surface area contributed by atoms with Crippen LogP contribution in [0.2, 0.25) is 0 Å². The molecule has 1 amide bonds. The van der Waals surface area contributed by atoms with Gasteiger partial charge < -0.3 is 16.2 Å². The van der Waals surface area contributed by atoms with Crippen molar-refractivity contribution in [2.45, 2.75) is 25.8 Å². The number of carbonyl (C=O) groups is 2. The second kappa shape index (κ2) is 6.39. The van der Waals surface area contributed by atoms with Crippen LogP contribution in [0.25, 0.3) is 0 Å². The number of carbonyl (C=O) groups excluding carboxylic acids is 1. The van der Waals surface area contributed by atoms with E-state index in [1.165, 1.54) is 0 Å². The van der Waals surface area contributed by atoms with E-state index in [0.717, 1.165) is 6.42 Å². The molecule has 0 aliphatic heterocycles. The number of halogens is 1. The van der Waals surface area contributed by atoms with Crippen LogP contribution in [0.4, 0.5) is 5.69 Å². The molecule has 0 aromatic heterocycles. The summed E-state index contributed by atoms with van der Waals surface area (Å²) in [5.74, 6) is -1.55. The molecule has 0 fully saturated rings. The zero-order chi connectivity index (χ0) is 13.7. The highest BCUT2D eigenvalue weighted by Gasteiger charge is 2.18. The van der Waals surface area contributed by atoms with E-state index in [1.54, 1.807) is 18.2 Å². The van der Waals surface area contributed by atoms with Gasteiger partial charge in [0.2, 0.25) is 0 Å². The molecular formula is C12H15BrN2O3. The highest BCUT2D eigenvalue weighted by molar-refractivity contribution is 9.10. The van der Waals surface area contributed by atoms with Crippen molar-refractivity contribution in [3.05, 3.63) is 28.2 Å². The molecule has 0 aliphatic rings. The van der Waals surface area contributed by atoms with Crippen molar-refractivity contribution < 1.29 is 14.7 Å². The molecule has 0 heterocycles. The van der Waals surface area contributed by atoms with E-state index in [0.29, 0.717) is 16.6 Å². The van der Waals surface area contributed by atoms with Gasteiger partial charge in [-0.2, -0.15) is 0 Å². The van der Waals surface area contributed by atoms with E-state index >= 15 is 0 Å². The minimum absolute atomic E-state index is 0.270. The highest BCUT2D eigenvalue weighted by atomic mass is 79.9. The first-order chi connectivity index (χ1) is 8.45. The second-order valence-corrected chi connectivity index (χ2v) is 4.79. The maximum Gasteiger partial charge on any atom is 0.326 e. The van der Waals surface area contributed by atoms with Crippen LogP contribution in [-0.4, -0.2) is 23.0 Å².